The number of benzene rings is 2. The van der Waals surface area contributed by atoms with Gasteiger partial charge in [0.1, 0.15) is 0 Å². The predicted molar refractivity (Wildman–Crippen MR) is 142 cm³/mol. The lowest BCUT2D eigenvalue weighted by Gasteiger charge is -2.20. The molecule has 2 unspecified atom stereocenters. The number of nitrogens with zero attached hydrogens (tertiary/aromatic N) is 2. The van der Waals surface area contributed by atoms with E-state index in [2.05, 4.69) is 20.9 Å². The first-order valence-electron chi connectivity index (χ1n) is 11.9. The molecular weight excluding hydrogens is 510 g/mol. The summed E-state index contributed by atoms with van der Waals surface area (Å²) in [7, 11) is 0. The van der Waals surface area contributed by atoms with Crippen molar-refractivity contribution in [3.05, 3.63) is 89.2 Å². The van der Waals surface area contributed by atoms with Gasteiger partial charge < -0.3 is 26.0 Å². The number of nitrogens with one attached hydrogen (secondary N) is 3. The van der Waals surface area contributed by atoms with E-state index >= 15 is 0 Å². The fourth-order valence-electron chi connectivity index (χ4n) is 4.14. The Labute approximate surface area is 224 Å². The number of carbonyl (C=O) groups is 4. The highest BCUT2D eigenvalue weighted by Gasteiger charge is 2.36. The van der Waals surface area contributed by atoms with E-state index in [9.17, 15) is 24.3 Å². The molecule has 10 nitrogen and oxygen atoms in total. The van der Waals surface area contributed by atoms with Crippen LogP contribution in [-0.2, 0) is 20.9 Å². The van der Waals surface area contributed by atoms with Gasteiger partial charge in [-0.05, 0) is 47.5 Å². The lowest BCUT2D eigenvalue weighted by atomic mass is 10.0. The number of carboxylic acid groups (broad SMARTS) is 1. The van der Waals surface area contributed by atoms with Gasteiger partial charge in [-0.15, -0.1) is 0 Å². The van der Waals surface area contributed by atoms with Crippen LogP contribution in [0, 0.1) is 5.92 Å². The summed E-state index contributed by atoms with van der Waals surface area (Å²) in [5.41, 5.74) is 2.47. The predicted octanol–water partition coefficient (Wildman–Crippen LogP) is 3.74. The van der Waals surface area contributed by atoms with E-state index in [1.54, 1.807) is 54.7 Å². The molecule has 0 aliphatic carbocycles. The molecule has 4 N–H and O–H groups in total. The maximum absolute atomic E-state index is 13.0. The van der Waals surface area contributed by atoms with Crippen molar-refractivity contribution in [2.45, 2.75) is 25.4 Å². The Balaban J connectivity index is 1.36. The summed E-state index contributed by atoms with van der Waals surface area (Å²) in [4.78, 5) is 54.9. The van der Waals surface area contributed by atoms with Crippen molar-refractivity contribution in [2.75, 3.05) is 16.8 Å². The van der Waals surface area contributed by atoms with Crippen molar-refractivity contribution < 1.29 is 24.3 Å². The van der Waals surface area contributed by atoms with Gasteiger partial charge in [0.2, 0.25) is 11.8 Å². The molecule has 0 spiro atoms. The maximum Gasteiger partial charge on any atom is 0.319 e. The number of carboxylic acids is 1. The Kier molecular flexibility index (Phi) is 8.55. The second-order valence-corrected chi connectivity index (χ2v) is 9.27. The summed E-state index contributed by atoms with van der Waals surface area (Å²) < 4.78 is 0. The Morgan fingerprint density at radius 1 is 1.11 bits per heavy atom. The minimum atomic E-state index is -1.07. The van der Waals surface area contributed by atoms with Crippen molar-refractivity contribution in [2.24, 2.45) is 5.92 Å². The van der Waals surface area contributed by atoms with E-state index in [0.29, 0.717) is 28.5 Å². The minimum absolute atomic E-state index is 0.0160. The van der Waals surface area contributed by atoms with E-state index in [1.165, 1.54) is 11.1 Å². The van der Waals surface area contributed by atoms with E-state index in [0.717, 1.165) is 5.56 Å². The number of pyridine rings is 1. The Hall–Kier alpha value is -4.44. The number of carbonyl (C=O) groups excluding carboxylic acids is 3. The average molecular weight is 536 g/mol. The van der Waals surface area contributed by atoms with Crippen LogP contribution >= 0.6 is 11.6 Å². The number of urea groups is 1. The molecule has 1 aliphatic rings. The smallest absolute Gasteiger partial charge is 0.319 e. The Morgan fingerprint density at radius 2 is 1.89 bits per heavy atom. The molecule has 4 amide bonds. The number of hydrogen-bond donors (Lipinski definition) is 4. The Morgan fingerprint density at radius 3 is 2.61 bits per heavy atom. The average Bonchev–Trinajstić information content (AvgIpc) is 3.30. The molecule has 2 aromatic carbocycles. The molecule has 0 bridgehead atoms. The van der Waals surface area contributed by atoms with Crippen molar-refractivity contribution in [1.82, 2.24) is 15.6 Å². The maximum atomic E-state index is 13.0. The number of rotatable bonds is 9. The lowest BCUT2D eigenvalue weighted by molar-refractivity contribution is -0.138. The number of anilines is 2. The van der Waals surface area contributed by atoms with Gasteiger partial charge >= 0.3 is 12.0 Å². The SMILES string of the molecule is O=C(O)CC(NC(=O)C1CC(=O)N(c2cccc(NC(=O)NCc3ccc(Cl)cc3)c2)C1)c1cccnc1. The zero-order valence-electron chi connectivity index (χ0n) is 20.3. The first-order valence-corrected chi connectivity index (χ1v) is 12.3. The lowest BCUT2D eigenvalue weighted by Crippen LogP contribution is -2.36. The van der Waals surface area contributed by atoms with Gasteiger partial charge in [-0.25, -0.2) is 4.79 Å². The summed E-state index contributed by atoms with van der Waals surface area (Å²) in [6, 6.07) is 16.1. The molecule has 1 aliphatic heterocycles. The molecule has 1 saturated heterocycles. The van der Waals surface area contributed by atoms with Gasteiger partial charge in [0.25, 0.3) is 0 Å². The first-order chi connectivity index (χ1) is 18.3. The van der Waals surface area contributed by atoms with Crippen molar-refractivity contribution in [1.29, 1.82) is 0 Å². The number of halogens is 1. The summed E-state index contributed by atoms with van der Waals surface area (Å²) in [6.45, 7) is 0.440. The van der Waals surface area contributed by atoms with Gasteiger partial charge in [-0.2, -0.15) is 0 Å². The first kappa shape index (κ1) is 26.6. The summed E-state index contributed by atoms with van der Waals surface area (Å²) >= 11 is 5.88. The highest BCUT2D eigenvalue weighted by atomic mass is 35.5. The highest BCUT2D eigenvalue weighted by molar-refractivity contribution is 6.30. The molecule has 3 aromatic rings. The van der Waals surface area contributed by atoms with Crippen LogP contribution in [0.4, 0.5) is 16.2 Å². The molecule has 2 heterocycles. The number of hydrogen-bond acceptors (Lipinski definition) is 5. The molecule has 38 heavy (non-hydrogen) atoms. The zero-order chi connectivity index (χ0) is 27.1. The standard InChI is InChI=1S/C27H26ClN5O5/c28-20-8-6-17(7-9-20)14-30-27(38)31-21-4-1-5-22(12-21)33-16-19(11-24(33)34)26(37)32-23(13-25(35)36)18-3-2-10-29-15-18/h1-10,12,15,19,23H,11,13-14,16H2,(H,32,37)(H,35,36)(H2,30,31,38). The molecule has 4 rings (SSSR count). The van der Waals surface area contributed by atoms with Crippen LogP contribution in [0.25, 0.3) is 0 Å². The van der Waals surface area contributed by atoms with E-state index in [4.69, 9.17) is 11.6 Å². The van der Waals surface area contributed by atoms with Crippen LogP contribution in [-0.4, -0.2) is 40.5 Å². The molecule has 1 aromatic heterocycles. The van der Waals surface area contributed by atoms with E-state index in [1.807, 2.05) is 12.1 Å². The number of aromatic nitrogens is 1. The third kappa shape index (κ3) is 7.07. The second kappa shape index (κ2) is 12.2. The molecular formula is C27H26ClN5O5. The summed E-state index contributed by atoms with van der Waals surface area (Å²) in [5.74, 6) is -2.38. The van der Waals surface area contributed by atoms with Crippen LogP contribution < -0.4 is 20.9 Å². The fraction of sp³-hybridized carbons (Fsp3) is 0.222. The van der Waals surface area contributed by atoms with Gasteiger partial charge in [0.15, 0.2) is 0 Å². The molecule has 0 saturated carbocycles. The monoisotopic (exact) mass is 535 g/mol. The van der Waals surface area contributed by atoms with Gasteiger partial charge in [0, 0.05) is 48.3 Å². The van der Waals surface area contributed by atoms with Crippen LogP contribution in [0.3, 0.4) is 0 Å². The molecule has 196 valence electrons. The Bertz CT molecular complexity index is 1320. The quantitative estimate of drug-likeness (QED) is 0.329. The van der Waals surface area contributed by atoms with Crippen LogP contribution in [0.2, 0.25) is 5.02 Å². The third-order valence-electron chi connectivity index (χ3n) is 6.06. The minimum Gasteiger partial charge on any atom is -0.481 e. The number of aliphatic carboxylic acids is 1. The molecule has 1 fully saturated rings. The van der Waals surface area contributed by atoms with Crippen molar-refractivity contribution in [3.63, 3.8) is 0 Å². The fourth-order valence-corrected chi connectivity index (χ4v) is 4.27. The topological polar surface area (TPSA) is 141 Å². The van der Waals surface area contributed by atoms with Gasteiger partial charge in [-0.3, -0.25) is 19.4 Å². The molecule has 0 radical (unpaired) electrons. The highest BCUT2D eigenvalue weighted by Crippen LogP contribution is 2.28. The normalized spacial score (nSPS) is 15.6. The molecule has 2 atom stereocenters. The van der Waals surface area contributed by atoms with Gasteiger partial charge in [-0.1, -0.05) is 35.9 Å². The van der Waals surface area contributed by atoms with Gasteiger partial charge in [0.05, 0.1) is 18.4 Å². The summed E-state index contributed by atoms with van der Waals surface area (Å²) in [5, 5.41) is 18.1. The third-order valence-corrected chi connectivity index (χ3v) is 6.31. The summed E-state index contributed by atoms with van der Waals surface area (Å²) in [6.07, 6.45) is 2.74. The van der Waals surface area contributed by atoms with E-state index < -0.39 is 29.9 Å². The van der Waals surface area contributed by atoms with Crippen LogP contribution in [0.1, 0.15) is 30.0 Å². The number of amides is 4. The van der Waals surface area contributed by atoms with Crippen LogP contribution in [0.5, 0.6) is 0 Å². The largest absolute Gasteiger partial charge is 0.481 e. The van der Waals surface area contributed by atoms with Crippen molar-refractivity contribution >= 4 is 46.8 Å². The zero-order valence-corrected chi connectivity index (χ0v) is 21.0. The molecule has 11 heteroatoms. The van der Waals surface area contributed by atoms with Crippen LogP contribution in [0.15, 0.2) is 73.1 Å². The van der Waals surface area contributed by atoms with E-state index in [-0.39, 0.29) is 25.3 Å². The second-order valence-electron chi connectivity index (χ2n) is 8.84. The van der Waals surface area contributed by atoms with Crippen molar-refractivity contribution in [3.8, 4) is 0 Å².